The van der Waals surface area contributed by atoms with Gasteiger partial charge in [-0.15, -0.1) is 0 Å². The van der Waals surface area contributed by atoms with Gasteiger partial charge >= 0.3 is 5.97 Å². The fourth-order valence-electron chi connectivity index (χ4n) is 1.14. The van der Waals surface area contributed by atoms with Crippen molar-refractivity contribution in [2.45, 2.75) is 6.92 Å². The molecule has 0 spiro atoms. The van der Waals surface area contributed by atoms with Gasteiger partial charge in [0.15, 0.2) is 5.82 Å². The molecule has 0 unspecified atom stereocenters. The highest BCUT2D eigenvalue weighted by Crippen LogP contribution is 2.21. The molecule has 3 nitrogen and oxygen atoms in total. The normalized spacial score (nSPS) is 10.7. The van der Waals surface area contributed by atoms with Gasteiger partial charge in [-0.3, -0.25) is 0 Å². The summed E-state index contributed by atoms with van der Waals surface area (Å²) in [6.07, 6.45) is 2.17. The van der Waals surface area contributed by atoms with Crippen molar-refractivity contribution in [3.8, 4) is 0 Å². The maximum absolute atomic E-state index is 13.4. The molecule has 0 aromatic heterocycles. The average Bonchev–Trinajstić information content (AvgIpc) is 2.22. The lowest BCUT2D eigenvalue weighted by Crippen LogP contribution is -2.05. The van der Waals surface area contributed by atoms with Gasteiger partial charge in [-0.05, 0) is 18.6 Å². The fraction of sp³-hybridized carbons (Fsp3) is 0.182. The Morgan fingerprint density at radius 3 is 2.81 bits per heavy atom. The van der Waals surface area contributed by atoms with E-state index in [1.807, 2.05) is 0 Å². The molecule has 86 valence electrons. The number of hydrogen-bond acceptors (Lipinski definition) is 2. The molecule has 0 heterocycles. The van der Waals surface area contributed by atoms with Crippen molar-refractivity contribution in [1.82, 2.24) is 0 Å². The minimum atomic E-state index is -1.10. The third kappa shape index (κ3) is 3.05. The SMILES string of the molecule is Cc1ccc(F)c(NC/C=C/C(=O)O)c1F. The largest absolute Gasteiger partial charge is 0.478 e. The van der Waals surface area contributed by atoms with Crippen LogP contribution in [0.2, 0.25) is 0 Å². The first-order valence-electron chi connectivity index (χ1n) is 4.60. The summed E-state index contributed by atoms with van der Waals surface area (Å²) in [5.41, 5.74) is 0.0844. The lowest BCUT2D eigenvalue weighted by Gasteiger charge is -2.07. The molecular formula is C11H11F2NO2. The number of halogens is 2. The Labute approximate surface area is 91.4 Å². The molecule has 1 rings (SSSR count). The van der Waals surface area contributed by atoms with Gasteiger partial charge in [0.25, 0.3) is 0 Å². The van der Waals surface area contributed by atoms with Gasteiger partial charge in [0.1, 0.15) is 11.5 Å². The number of carbonyl (C=O) groups is 1. The molecule has 5 heteroatoms. The van der Waals surface area contributed by atoms with Crippen LogP contribution in [0.25, 0.3) is 0 Å². The monoisotopic (exact) mass is 227 g/mol. The maximum atomic E-state index is 13.4. The molecular weight excluding hydrogens is 216 g/mol. The standard InChI is InChI=1S/C11H11F2NO2/c1-7-4-5-8(12)11(10(7)13)14-6-2-3-9(15)16/h2-5,14H,6H2,1H3,(H,15,16)/b3-2+. The Bertz CT molecular complexity index is 430. The molecule has 0 amide bonds. The van der Waals surface area contributed by atoms with Crippen molar-refractivity contribution in [3.63, 3.8) is 0 Å². The summed E-state index contributed by atoms with van der Waals surface area (Å²) in [7, 11) is 0. The molecule has 0 saturated heterocycles. The van der Waals surface area contributed by atoms with Crippen LogP contribution in [0.1, 0.15) is 5.56 Å². The summed E-state index contributed by atoms with van der Waals surface area (Å²) in [4.78, 5) is 10.1. The third-order valence-corrected chi connectivity index (χ3v) is 1.94. The van der Waals surface area contributed by atoms with Gasteiger partial charge in [-0.25, -0.2) is 13.6 Å². The smallest absolute Gasteiger partial charge is 0.328 e. The van der Waals surface area contributed by atoms with E-state index in [9.17, 15) is 13.6 Å². The van der Waals surface area contributed by atoms with Gasteiger partial charge in [0, 0.05) is 12.6 Å². The Kier molecular flexibility index (Phi) is 3.99. The van der Waals surface area contributed by atoms with E-state index in [1.165, 1.54) is 19.1 Å². The van der Waals surface area contributed by atoms with Crippen molar-refractivity contribution >= 4 is 11.7 Å². The van der Waals surface area contributed by atoms with Gasteiger partial charge in [0.2, 0.25) is 0 Å². The number of nitrogens with one attached hydrogen (secondary N) is 1. The molecule has 1 aromatic carbocycles. The lowest BCUT2D eigenvalue weighted by molar-refractivity contribution is -0.131. The van der Waals surface area contributed by atoms with E-state index in [0.29, 0.717) is 5.56 Å². The Morgan fingerprint density at radius 1 is 1.50 bits per heavy atom. The van der Waals surface area contributed by atoms with Crippen molar-refractivity contribution in [2.75, 3.05) is 11.9 Å². The summed E-state index contributed by atoms with van der Waals surface area (Å²) in [5.74, 6) is -2.47. The minimum Gasteiger partial charge on any atom is -0.478 e. The number of aryl methyl sites for hydroxylation is 1. The first-order valence-corrected chi connectivity index (χ1v) is 4.60. The van der Waals surface area contributed by atoms with Crippen LogP contribution in [0, 0.1) is 18.6 Å². The summed E-state index contributed by atoms with van der Waals surface area (Å²) >= 11 is 0. The molecule has 0 atom stereocenters. The summed E-state index contributed by atoms with van der Waals surface area (Å²) in [6.45, 7) is 1.57. The fourth-order valence-corrected chi connectivity index (χ4v) is 1.14. The zero-order valence-electron chi connectivity index (χ0n) is 8.63. The highest BCUT2D eigenvalue weighted by molar-refractivity contribution is 5.79. The molecule has 2 N–H and O–H groups in total. The second-order valence-electron chi connectivity index (χ2n) is 3.17. The number of hydrogen-bond donors (Lipinski definition) is 2. The third-order valence-electron chi connectivity index (χ3n) is 1.94. The second-order valence-corrected chi connectivity index (χ2v) is 3.17. The maximum Gasteiger partial charge on any atom is 0.328 e. The number of rotatable bonds is 4. The van der Waals surface area contributed by atoms with Crippen LogP contribution in [0.4, 0.5) is 14.5 Å². The van der Waals surface area contributed by atoms with Crippen molar-refractivity contribution < 1.29 is 18.7 Å². The quantitative estimate of drug-likeness (QED) is 0.776. The van der Waals surface area contributed by atoms with Crippen molar-refractivity contribution in [2.24, 2.45) is 0 Å². The average molecular weight is 227 g/mol. The number of carboxylic acids is 1. The van der Waals surface area contributed by atoms with E-state index in [0.717, 1.165) is 12.1 Å². The molecule has 0 saturated carbocycles. The molecule has 0 radical (unpaired) electrons. The van der Waals surface area contributed by atoms with Crippen LogP contribution < -0.4 is 5.32 Å². The summed E-state index contributed by atoms with van der Waals surface area (Å²) in [5, 5.41) is 10.8. The first kappa shape index (κ1) is 12.2. The van der Waals surface area contributed by atoms with Gasteiger partial charge in [-0.1, -0.05) is 12.1 Å². The van der Waals surface area contributed by atoms with Crippen LogP contribution in [0.3, 0.4) is 0 Å². The number of carboxylic acid groups (broad SMARTS) is 1. The molecule has 0 fully saturated rings. The van der Waals surface area contributed by atoms with E-state index in [2.05, 4.69) is 5.32 Å². The molecule has 0 bridgehead atoms. The van der Waals surface area contributed by atoms with Crippen LogP contribution in [-0.4, -0.2) is 17.6 Å². The predicted molar refractivity (Wildman–Crippen MR) is 56.4 cm³/mol. The van der Waals surface area contributed by atoms with E-state index >= 15 is 0 Å². The van der Waals surface area contributed by atoms with Gasteiger partial charge in [-0.2, -0.15) is 0 Å². The van der Waals surface area contributed by atoms with E-state index in [-0.39, 0.29) is 12.2 Å². The second kappa shape index (κ2) is 5.25. The van der Waals surface area contributed by atoms with Crippen molar-refractivity contribution in [3.05, 3.63) is 41.5 Å². The van der Waals surface area contributed by atoms with Crippen molar-refractivity contribution in [1.29, 1.82) is 0 Å². The zero-order chi connectivity index (χ0) is 12.1. The number of anilines is 1. The Morgan fingerprint density at radius 2 is 2.19 bits per heavy atom. The van der Waals surface area contributed by atoms with Crippen LogP contribution >= 0.6 is 0 Å². The van der Waals surface area contributed by atoms with Crippen LogP contribution in [-0.2, 0) is 4.79 Å². The Hall–Kier alpha value is -1.91. The molecule has 0 aliphatic heterocycles. The van der Waals surface area contributed by atoms with Gasteiger partial charge in [0.05, 0.1) is 0 Å². The summed E-state index contributed by atoms with van der Waals surface area (Å²) < 4.78 is 26.6. The van der Waals surface area contributed by atoms with E-state index in [4.69, 9.17) is 5.11 Å². The molecule has 1 aromatic rings. The molecule has 0 aliphatic carbocycles. The zero-order valence-corrected chi connectivity index (χ0v) is 8.63. The van der Waals surface area contributed by atoms with E-state index < -0.39 is 17.6 Å². The van der Waals surface area contributed by atoms with Gasteiger partial charge < -0.3 is 10.4 Å². The predicted octanol–water partition coefficient (Wildman–Crippen LogP) is 2.33. The molecule has 0 aliphatic rings. The van der Waals surface area contributed by atoms with E-state index in [1.54, 1.807) is 0 Å². The van der Waals surface area contributed by atoms with Crippen LogP contribution in [0.5, 0.6) is 0 Å². The minimum absolute atomic E-state index is 0.0452. The highest BCUT2D eigenvalue weighted by atomic mass is 19.1. The highest BCUT2D eigenvalue weighted by Gasteiger charge is 2.09. The number of aliphatic carboxylic acids is 1. The number of benzene rings is 1. The molecule has 16 heavy (non-hydrogen) atoms. The lowest BCUT2D eigenvalue weighted by atomic mass is 10.2. The summed E-state index contributed by atoms with van der Waals surface area (Å²) in [6, 6.07) is 2.49. The Balaban J connectivity index is 2.74. The van der Waals surface area contributed by atoms with Crippen LogP contribution in [0.15, 0.2) is 24.3 Å². The topological polar surface area (TPSA) is 49.3 Å². The first-order chi connectivity index (χ1) is 7.52.